The third-order valence-electron chi connectivity index (χ3n) is 12.6. The van der Waals surface area contributed by atoms with Crippen molar-refractivity contribution in [1.82, 2.24) is 0 Å². The molecule has 8 atom stereocenters. The predicted octanol–water partition coefficient (Wildman–Crippen LogP) is 6.88. The van der Waals surface area contributed by atoms with Crippen molar-refractivity contribution in [2.24, 2.45) is 23.7 Å². The summed E-state index contributed by atoms with van der Waals surface area (Å²) in [6, 6.07) is 0. The van der Waals surface area contributed by atoms with Gasteiger partial charge in [-0.1, -0.05) is 63.7 Å². The molecule has 0 amide bonds. The Hall–Kier alpha value is 0.866. The molecule has 4 heteroatoms. The minimum absolute atomic E-state index is 0. The Labute approximate surface area is 306 Å². The van der Waals surface area contributed by atoms with E-state index in [2.05, 4.69) is 20.8 Å². The van der Waals surface area contributed by atoms with E-state index in [9.17, 15) is 0 Å². The summed E-state index contributed by atoms with van der Waals surface area (Å²) in [5.74, 6) is 7.96. The molecule has 3 heterocycles. The van der Waals surface area contributed by atoms with E-state index in [0.717, 1.165) is 87.0 Å². The molecule has 3 saturated heterocycles. The van der Waals surface area contributed by atoms with Crippen molar-refractivity contribution >= 4 is 0 Å². The largest absolute Gasteiger partial charge is 1.00 e. The van der Waals surface area contributed by atoms with Crippen LogP contribution in [0.5, 0.6) is 0 Å². The number of rotatable bonds is 0. The average molecular weight is 617 g/mol. The van der Waals surface area contributed by atoms with Crippen LogP contribution in [-0.2, 0) is 19.6 Å². The van der Waals surface area contributed by atoms with Crippen molar-refractivity contribution in [1.29, 1.82) is 0 Å². The van der Waals surface area contributed by atoms with Crippen molar-refractivity contribution in [3.8, 4) is 0 Å². The maximum atomic E-state index is 4.94. The summed E-state index contributed by atoms with van der Waals surface area (Å²) in [6.07, 6.45) is 23.1. The van der Waals surface area contributed by atoms with Gasteiger partial charge in [0.15, 0.2) is 0 Å². The van der Waals surface area contributed by atoms with Gasteiger partial charge in [0.1, 0.15) is 0 Å². The molecule has 11 aliphatic rings. The molecule has 12 rings (SSSR count). The fourth-order valence-corrected chi connectivity index (χ4v) is 11.4. The Bertz CT molecular complexity index is 908. The molecule has 3 aliphatic heterocycles. The van der Waals surface area contributed by atoms with Gasteiger partial charge in [-0.3, -0.25) is 0 Å². The van der Waals surface area contributed by atoms with Crippen molar-refractivity contribution in [3.63, 3.8) is 0 Å². The van der Waals surface area contributed by atoms with Crippen LogP contribution in [0.25, 0.3) is 0 Å². The van der Waals surface area contributed by atoms with Crippen LogP contribution in [0.4, 0.5) is 0 Å². The molecule has 3 nitrogen and oxygen atoms in total. The number of ether oxygens (including phenoxy) is 3. The second kappa shape index (κ2) is 15.0. The molecule has 4 unspecified atom stereocenters. The Kier molecular flexibility index (Phi) is 11.7. The van der Waals surface area contributed by atoms with Gasteiger partial charge in [0.25, 0.3) is 0 Å². The molecular formula is C39H61KO3. The van der Waals surface area contributed by atoms with Gasteiger partial charge in [0.05, 0.1) is 0 Å². The first kappa shape index (κ1) is 33.8. The Morgan fingerprint density at radius 1 is 0.442 bits per heavy atom. The predicted molar refractivity (Wildman–Crippen MR) is 172 cm³/mol. The summed E-state index contributed by atoms with van der Waals surface area (Å²) in [5.41, 5.74) is 10.2. The van der Waals surface area contributed by atoms with Crippen LogP contribution in [-0.4, -0.2) is 39.6 Å². The van der Waals surface area contributed by atoms with Gasteiger partial charge in [0, 0.05) is 39.6 Å². The van der Waals surface area contributed by atoms with Gasteiger partial charge < -0.3 is 14.2 Å². The Balaban J connectivity index is 0.000000168. The first-order chi connectivity index (χ1) is 20.5. The van der Waals surface area contributed by atoms with Crippen LogP contribution < -0.4 is 51.4 Å². The topological polar surface area (TPSA) is 27.7 Å². The SMILES string of the molecule is C1CCOC1.C1CCOC1.C1CCOC1.CC(C)(C)[c-]1c2c(c3c1C1C[C@H]4CC3C[C@@H](C1)C4)C1C[C@@H]3CC2C[C@H](C1)C3.[K+]. The zero-order valence-corrected chi connectivity index (χ0v) is 31.5. The van der Waals surface area contributed by atoms with Crippen LogP contribution in [0.2, 0.25) is 0 Å². The first-order valence-electron chi connectivity index (χ1n) is 18.6. The monoisotopic (exact) mass is 616 g/mol. The van der Waals surface area contributed by atoms with Crippen molar-refractivity contribution < 1.29 is 65.6 Å². The molecule has 0 spiro atoms. The van der Waals surface area contributed by atoms with Crippen molar-refractivity contribution in [2.45, 2.75) is 153 Å². The second-order valence-electron chi connectivity index (χ2n) is 16.8. The molecule has 7 fully saturated rings. The average Bonchev–Trinajstić information content (AvgIpc) is 3.80. The minimum atomic E-state index is 0. The molecular weight excluding hydrogens is 556 g/mol. The van der Waals surface area contributed by atoms with Gasteiger partial charge in [-0.05, 0) is 113 Å². The fraction of sp³-hybridized carbons (Fsp3) is 0.872. The minimum Gasteiger partial charge on any atom is -0.381 e. The standard InChI is InChI=1S/C27H37.3C4H8O.K/c1-27(2,3)26-24-20-10-14-4-15(11-20)7-18(6-14)22(24)23-19-8-16-5-17(9-19)13-21(12-16)25(23)26;3*1-2-4-5-3-1;/h14-21H,4-13H2,1-3H3;3*1-4H2;/q-1;;;;+1/t14-,15+,16-,17+,18?,19?,20?,21?;;;;. The smallest absolute Gasteiger partial charge is 0.381 e. The van der Waals surface area contributed by atoms with Gasteiger partial charge in [-0.2, -0.15) is 22.3 Å². The Morgan fingerprint density at radius 3 is 0.953 bits per heavy atom. The quantitative estimate of drug-likeness (QED) is 0.235. The van der Waals surface area contributed by atoms with E-state index in [1.807, 2.05) is 27.8 Å². The number of hydrogen-bond donors (Lipinski definition) is 0. The Morgan fingerprint density at radius 2 is 0.721 bits per heavy atom. The van der Waals surface area contributed by atoms with E-state index >= 15 is 0 Å². The van der Waals surface area contributed by atoms with Crippen LogP contribution in [0.1, 0.15) is 175 Å². The summed E-state index contributed by atoms with van der Waals surface area (Å²) in [7, 11) is 0. The molecule has 8 bridgehead atoms. The molecule has 0 radical (unpaired) electrons. The van der Waals surface area contributed by atoms with Gasteiger partial charge in [0.2, 0.25) is 0 Å². The third kappa shape index (κ3) is 7.47. The molecule has 8 aliphatic carbocycles. The maximum Gasteiger partial charge on any atom is 1.00 e. The van der Waals surface area contributed by atoms with E-state index in [1.165, 1.54) is 64.2 Å². The molecule has 43 heavy (non-hydrogen) atoms. The van der Waals surface area contributed by atoms with Crippen LogP contribution in [0, 0.1) is 23.7 Å². The van der Waals surface area contributed by atoms with Gasteiger partial charge >= 0.3 is 51.4 Å². The molecule has 1 aromatic carbocycles. The summed E-state index contributed by atoms with van der Waals surface area (Å²) in [6.45, 7) is 13.6. The van der Waals surface area contributed by atoms with Gasteiger partial charge in [-0.25, -0.2) is 0 Å². The van der Waals surface area contributed by atoms with E-state index < -0.39 is 0 Å². The van der Waals surface area contributed by atoms with Crippen LogP contribution in [0.15, 0.2) is 0 Å². The van der Waals surface area contributed by atoms with E-state index in [0.29, 0.717) is 5.41 Å². The summed E-state index contributed by atoms with van der Waals surface area (Å²) < 4.78 is 14.8. The van der Waals surface area contributed by atoms with E-state index in [-0.39, 0.29) is 51.4 Å². The summed E-state index contributed by atoms with van der Waals surface area (Å²) in [4.78, 5) is 0. The van der Waals surface area contributed by atoms with Crippen LogP contribution in [0.3, 0.4) is 0 Å². The molecule has 236 valence electrons. The third-order valence-corrected chi connectivity index (χ3v) is 12.6. The first-order valence-corrected chi connectivity index (χ1v) is 18.6. The fourth-order valence-electron chi connectivity index (χ4n) is 11.4. The van der Waals surface area contributed by atoms with E-state index in [4.69, 9.17) is 14.2 Å². The van der Waals surface area contributed by atoms with Crippen molar-refractivity contribution in [2.75, 3.05) is 39.6 Å². The molecule has 0 aromatic heterocycles. The second-order valence-corrected chi connectivity index (χ2v) is 16.8. The molecule has 1 aromatic rings. The van der Waals surface area contributed by atoms with Gasteiger partial charge in [-0.15, -0.1) is 5.56 Å². The molecule has 4 saturated carbocycles. The number of hydrogen-bond acceptors (Lipinski definition) is 3. The van der Waals surface area contributed by atoms with Crippen molar-refractivity contribution in [3.05, 3.63) is 27.8 Å². The van der Waals surface area contributed by atoms with Crippen LogP contribution >= 0.6 is 0 Å². The summed E-state index contributed by atoms with van der Waals surface area (Å²) in [5, 5.41) is 0. The zero-order valence-electron chi connectivity index (χ0n) is 28.4. The van der Waals surface area contributed by atoms with E-state index in [1.54, 1.807) is 38.5 Å². The summed E-state index contributed by atoms with van der Waals surface area (Å²) >= 11 is 0. The zero-order chi connectivity index (χ0) is 28.7. The normalized spacial score (nSPS) is 37.5. The maximum absolute atomic E-state index is 4.94. The molecule has 0 N–H and O–H groups in total.